The Morgan fingerprint density at radius 1 is 0.379 bits per heavy atom. The van der Waals surface area contributed by atoms with E-state index in [-0.39, 0.29) is 11.1 Å². The van der Waals surface area contributed by atoms with E-state index in [1.54, 1.807) is 12.1 Å². The predicted octanol–water partition coefficient (Wildman–Crippen LogP) is 15.9. The molecule has 0 amide bonds. The number of hydrogen-bond donors (Lipinski definition) is 0. The van der Waals surface area contributed by atoms with Crippen LogP contribution in [0.25, 0.3) is 99.5 Å². The zero-order valence-electron chi connectivity index (χ0n) is 35.8. The van der Waals surface area contributed by atoms with Crippen molar-refractivity contribution in [2.75, 3.05) is 0 Å². The van der Waals surface area contributed by atoms with Crippen LogP contribution in [0.2, 0.25) is 0 Å². The summed E-state index contributed by atoms with van der Waals surface area (Å²) in [7, 11) is 0. The van der Waals surface area contributed by atoms with Crippen LogP contribution in [0.15, 0.2) is 188 Å². The van der Waals surface area contributed by atoms with Gasteiger partial charge in [-0.1, -0.05) is 121 Å². The second-order valence-corrected chi connectivity index (χ2v) is 16.7. The summed E-state index contributed by atoms with van der Waals surface area (Å²) in [6.07, 6.45) is -4.73. The van der Waals surface area contributed by atoms with E-state index in [1.165, 1.54) is 17.7 Å². The van der Waals surface area contributed by atoms with Crippen LogP contribution in [0.5, 0.6) is 0 Å². The molecule has 0 spiro atoms. The first kappa shape index (κ1) is 40.1. The Kier molecular flexibility index (Phi) is 9.46. The van der Waals surface area contributed by atoms with Crippen molar-refractivity contribution >= 4 is 43.6 Å². The van der Waals surface area contributed by atoms with E-state index in [1.807, 2.05) is 84.9 Å². The van der Waals surface area contributed by atoms with E-state index in [9.17, 15) is 23.7 Å². The summed E-state index contributed by atoms with van der Waals surface area (Å²) in [5.74, 6) is 0. The minimum atomic E-state index is -4.73. The minimum absolute atomic E-state index is 0.0381. The number of nitrogens with zero attached hydrogens (tertiary/aromatic N) is 4. The topological polar surface area (TPSA) is 57.4 Å². The van der Waals surface area contributed by atoms with Gasteiger partial charge in [-0.05, 0) is 125 Å². The fourth-order valence-corrected chi connectivity index (χ4v) is 9.82. The van der Waals surface area contributed by atoms with E-state index in [2.05, 4.69) is 108 Å². The second kappa shape index (κ2) is 15.6. The molecular weight excluding hydrogens is 822 g/mol. The maximum atomic E-state index is 14.9. The number of alkyl halides is 3. The van der Waals surface area contributed by atoms with Gasteiger partial charge < -0.3 is 9.13 Å². The molecule has 0 aliphatic carbocycles. The minimum Gasteiger partial charge on any atom is -0.309 e. The molecule has 66 heavy (non-hydrogen) atoms. The second-order valence-electron chi connectivity index (χ2n) is 16.7. The molecule has 0 saturated heterocycles. The van der Waals surface area contributed by atoms with Gasteiger partial charge in [0.1, 0.15) is 0 Å². The van der Waals surface area contributed by atoms with Crippen molar-refractivity contribution in [3.05, 3.63) is 216 Å². The normalized spacial score (nSPS) is 11.7. The quantitative estimate of drug-likeness (QED) is 0.167. The van der Waals surface area contributed by atoms with Crippen molar-refractivity contribution < 1.29 is 13.2 Å². The Hall–Kier alpha value is -8.65. The van der Waals surface area contributed by atoms with Crippen molar-refractivity contribution in [3.63, 3.8) is 0 Å². The van der Waals surface area contributed by atoms with Crippen LogP contribution in [-0.4, -0.2) is 9.13 Å². The van der Waals surface area contributed by atoms with E-state index in [0.29, 0.717) is 16.8 Å². The Morgan fingerprint density at radius 3 is 1.30 bits per heavy atom. The maximum absolute atomic E-state index is 14.9. The molecule has 0 aliphatic heterocycles. The molecule has 0 unspecified atom stereocenters. The summed E-state index contributed by atoms with van der Waals surface area (Å²) in [4.78, 5) is 0. The zero-order chi connectivity index (χ0) is 45.3. The van der Waals surface area contributed by atoms with Gasteiger partial charge in [-0.2, -0.15) is 23.7 Å². The van der Waals surface area contributed by atoms with Crippen molar-refractivity contribution in [1.82, 2.24) is 9.13 Å². The molecule has 0 radical (unpaired) electrons. The molecule has 0 aliphatic rings. The first-order valence-corrected chi connectivity index (χ1v) is 21.6. The number of hydrogen-bond acceptors (Lipinski definition) is 2. The molecular formula is C59H37F3N4. The van der Waals surface area contributed by atoms with Gasteiger partial charge in [-0.3, -0.25) is 0 Å². The average Bonchev–Trinajstić information content (AvgIpc) is 3.85. The van der Waals surface area contributed by atoms with Gasteiger partial charge in [0.15, 0.2) is 0 Å². The lowest BCUT2D eigenvalue weighted by Crippen LogP contribution is -2.08. The third-order valence-electron chi connectivity index (χ3n) is 12.9. The number of rotatable bonds is 6. The fourth-order valence-electron chi connectivity index (χ4n) is 9.82. The Bertz CT molecular complexity index is 3870. The van der Waals surface area contributed by atoms with Crippen LogP contribution < -0.4 is 0 Å². The van der Waals surface area contributed by atoms with Crippen LogP contribution in [0.1, 0.15) is 27.8 Å². The van der Waals surface area contributed by atoms with E-state index < -0.39 is 11.7 Å². The van der Waals surface area contributed by atoms with Crippen LogP contribution >= 0.6 is 0 Å². The Labute approximate surface area is 378 Å². The highest BCUT2D eigenvalue weighted by molar-refractivity contribution is 6.13. The van der Waals surface area contributed by atoms with Gasteiger partial charge in [0.05, 0.1) is 62.3 Å². The lowest BCUT2D eigenvalue weighted by Gasteiger charge is -2.21. The van der Waals surface area contributed by atoms with Crippen LogP contribution in [0, 0.1) is 36.5 Å². The SMILES string of the molecule is Cc1ccccc1-c1ccc2c(c1)c1ccccc1n2-c1cc(C#N)ccc1-c1ccc(-c2ccc(C#N)cc2C(F)(F)F)cc1-n1c2ccccc2c2cc(-c3ccccc3C)ccc21. The number of aryl methyl sites for hydroxylation is 2. The summed E-state index contributed by atoms with van der Waals surface area (Å²) >= 11 is 0. The monoisotopic (exact) mass is 858 g/mol. The molecule has 11 rings (SSSR count). The summed E-state index contributed by atoms with van der Waals surface area (Å²) in [6.45, 7) is 4.20. The molecule has 2 aromatic heterocycles. The highest BCUT2D eigenvalue weighted by atomic mass is 19.4. The molecule has 0 saturated carbocycles. The lowest BCUT2D eigenvalue weighted by molar-refractivity contribution is -0.137. The number of fused-ring (bicyclic) bond motifs is 6. The highest BCUT2D eigenvalue weighted by Crippen LogP contribution is 2.45. The number of benzene rings is 9. The van der Waals surface area contributed by atoms with Gasteiger partial charge in [0, 0.05) is 32.7 Å². The Morgan fingerprint density at radius 2 is 0.788 bits per heavy atom. The largest absolute Gasteiger partial charge is 0.417 e. The molecule has 9 aromatic carbocycles. The molecule has 4 nitrogen and oxygen atoms in total. The van der Waals surface area contributed by atoms with E-state index in [0.717, 1.165) is 94.3 Å². The van der Waals surface area contributed by atoms with Crippen LogP contribution in [0.3, 0.4) is 0 Å². The molecule has 0 fully saturated rings. The van der Waals surface area contributed by atoms with Gasteiger partial charge in [-0.25, -0.2) is 0 Å². The summed E-state index contributed by atoms with van der Waals surface area (Å²) in [6, 6.07) is 64.8. The first-order chi connectivity index (χ1) is 32.1. The van der Waals surface area contributed by atoms with Gasteiger partial charge in [0.25, 0.3) is 0 Å². The fraction of sp³-hybridized carbons (Fsp3) is 0.0508. The number of halogens is 3. The maximum Gasteiger partial charge on any atom is 0.417 e. The molecule has 0 N–H and O–H groups in total. The standard InChI is InChI=1S/C59H37F3N4/c1-36-11-3-5-13-43(36)40-22-27-55-50(31-40)46-15-7-9-17-53(46)65(55)57-30-39(35-64)20-25-48(57)49-26-21-42(45-24-19-38(34-63)29-52(45)59(60,61)62)33-58(49)66-54-18-10-8-16-47(54)51-32-41(23-28-56(51)66)44-14-6-4-12-37(44)2/h3-33H,1-2H3. The molecule has 314 valence electrons. The molecule has 11 aromatic rings. The number of nitriles is 2. The van der Waals surface area contributed by atoms with Gasteiger partial charge in [0.2, 0.25) is 0 Å². The molecule has 0 bridgehead atoms. The van der Waals surface area contributed by atoms with E-state index >= 15 is 0 Å². The predicted molar refractivity (Wildman–Crippen MR) is 261 cm³/mol. The van der Waals surface area contributed by atoms with Crippen molar-refractivity contribution in [3.8, 4) is 68.0 Å². The first-order valence-electron chi connectivity index (χ1n) is 21.6. The van der Waals surface area contributed by atoms with E-state index in [4.69, 9.17) is 0 Å². The zero-order valence-corrected chi connectivity index (χ0v) is 35.8. The smallest absolute Gasteiger partial charge is 0.309 e. The summed E-state index contributed by atoms with van der Waals surface area (Å²) < 4.78 is 49.1. The van der Waals surface area contributed by atoms with Gasteiger partial charge in [-0.15, -0.1) is 0 Å². The average molecular weight is 859 g/mol. The number of para-hydroxylation sites is 2. The van der Waals surface area contributed by atoms with Crippen molar-refractivity contribution in [1.29, 1.82) is 10.5 Å². The van der Waals surface area contributed by atoms with Crippen LogP contribution in [0.4, 0.5) is 13.2 Å². The van der Waals surface area contributed by atoms with Gasteiger partial charge >= 0.3 is 6.18 Å². The highest BCUT2D eigenvalue weighted by Gasteiger charge is 2.34. The van der Waals surface area contributed by atoms with Crippen molar-refractivity contribution in [2.24, 2.45) is 0 Å². The number of aromatic nitrogens is 2. The lowest BCUT2D eigenvalue weighted by atomic mass is 9.93. The Balaban J connectivity index is 1.23. The molecule has 0 atom stereocenters. The molecule has 2 heterocycles. The van der Waals surface area contributed by atoms with Crippen LogP contribution in [-0.2, 0) is 6.18 Å². The summed E-state index contributed by atoms with van der Waals surface area (Å²) in [5, 5.41) is 24.1. The molecule has 7 heteroatoms. The summed E-state index contributed by atoms with van der Waals surface area (Å²) in [5.41, 5.74) is 13.0. The van der Waals surface area contributed by atoms with Crippen molar-refractivity contribution in [2.45, 2.75) is 20.0 Å². The third-order valence-corrected chi connectivity index (χ3v) is 12.9. The third kappa shape index (κ3) is 6.52.